The Morgan fingerprint density at radius 2 is 1.70 bits per heavy atom. The molecule has 0 atom stereocenters. The molecule has 23 heavy (non-hydrogen) atoms. The van der Waals surface area contributed by atoms with Crippen LogP contribution in [-0.4, -0.2) is 24.1 Å². The molecule has 5 nitrogen and oxygen atoms in total. The van der Waals surface area contributed by atoms with Gasteiger partial charge in [0.2, 0.25) is 5.91 Å². The number of benzene rings is 2. The van der Waals surface area contributed by atoms with Crippen LogP contribution < -0.4 is 10.6 Å². The predicted octanol–water partition coefficient (Wildman–Crippen LogP) is 2.40. The minimum Gasteiger partial charge on any atom is -0.343 e. The summed E-state index contributed by atoms with van der Waals surface area (Å²) in [6, 6.07) is 11.6. The minimum atomic E-state index is -0.536. The molecule has 2 amide bonds. The number of amides is 2. The van der Waals surface area contributed by atoms with Crippen LogP contribution in [0.25, 0.3) is 0 Å². The number of carbonyl (C=O) groups is 3. The Morgan fingerprint density at radius 1 is 1.00 bits per heavy atom. The lowest BCUT2D eigenvalue weighted by atomic mass is 10.1. The third kappa shape index (κ3) is 4.74. The number of hydrogen-bond donors (Lipinski definition) is 2. The molecule has 2 rings (SSSR count). The fourth-order valence-electron chi connectivity index (χ4n) is 1.89. The van der Waals surface area contributed by atoms with Gasteiger partial charge in [0.25, 0.3) is 5.91 Å². The Balaban J connectivity index is 1.87. The summed E-state index contributed by atoms with van der Waals surface area (Å²) in [6.45, 7) is 1.21. The van der Waals surface area contributed by atoms with E-state index in [1.165, 1.54) is 25.1 Å². The van der Waals surface area contributed by atoms with Crippen LogP contribution in [-0.2, 0) is 4.79 Å². The number of rotatable bonds is 5. The minimum absolute atomic E-state index is 0.0646. The molecule has 0 saturated heterocycles. The summed E-state index contributed by atoms with van der Waals surface area (Å²) in [6.07, 6.45) is 0. The zero-order valence-corrected chi connectivity index (χ0v) is 12.4. The van der Waals surface area contributed by atoms with Crippen molar-refractivity contribution in [3.63, 3.8) is 0 Å². The smallest absolute Gasteiger partial charge is 0.251 e. The Labute approximate surface area is 132 Å². The number of ketones is 1. The molecule has 0 saturated carbocycles. The van der Waals surface area contributed by atoms with Crippen molar-refractivity contribution < 1.29 is 18.8 Å². The zero-order chi connectivity index (χ0) is 16.8. The highest BCUT2D eigenvalue weighted by atomic mass is 19.1. The predicted molar refractivity (Wildman–Crippen MR) is 83.8 cm³/mol. The highest BCUT2D eigenvalue weighted by molar-refractivity contribution is 5.99. The number of Topliss-reactive ketones (excluding diaryl/α,β-unsaturated/α-hetero) is 1. The van der Waals surface area contributed by atoms with Crippen LogP contribution in [0, 0.1) is 5.82 Å². The number of carbonyl (C=O) groups excluding carboxylic acids is 3. The van der Waals surface area contributed by atoms with Gasteiger partial charge in [0.1, 0.15) is 5.82 Å². The molecular formula is C17H15FN2O3. The van der Waals surface area contributed by atoms with Crippen molar-refractivity contribution in [1.29, 1.82) is 0 Å². The van der Waals surface area contributed by atoms with E-state index in [0.717, 1.165) is 6.07 Å². The van der Waals surface area contributed by atoms with Crippen LogP contribution in [0.3, 0.4) is 0 Å². The normalized spacial score (nSPS) is 10.0. The zero-order valence-electron chi connectivity index (χ0n) is 12.4. The van der Waals surface area contributed by atoms with E-state index in [9.17, 15) is 18.8 Å². The van der Waals surface area contributed by atoms with Crippen molar-refractivity contribution in [2.24, 2.45) is 0 Å². The lowest BCUT2D eigenvalue weighted by molar-refractivity contribution is -0.115. The van der Waals surface area contributed by atoms with Crippen molar-refractivity contribution in [3.05, 3.63) is 65.5 Å². The SMILES string of the molecule is CC(=O)c1ccc(NC(=O)CNC(=O)c2cccc(F)c2)cc1. The standard InChI is InChI=1S/C17H15FN2O3/c1-11(21)12-5-7-15(8-6-12)20-16(22)10-19-17(23)13-3-2-4-14(18)9-13/h2-9H,10H2,1H3,(H,19,23)(H,20,22). The maximum Gasteiger partial charge on any atom is 0.251 e. The summed E-state index contributed by atoms with van der Waals surface area (Å²) in [7, 11) is 0. The molecule has 0 aliphatic rings. The van der Waals surface area contributed by atoms with Gasteiger partial charge in [-0.25, -0.2) is 4.39 Å². The molecule has 0 fully saturated rings. The lowest BCUT2D eigenvalue weighted by Gasteiger charge is -2.07. The second-order valence-corrected chi connectivity index (χ2v) is 4.87. The van der Waals surface area contributed by atoms with E-state index in [2.05, 4.69) is 10.6 Å². The third-order valence-corrected chi connectivity index (χ3v) is 3.07. The second-order valence-electron chi connectivity index (χ2n) is 4.87. The van der Waals surface area contributed by atoms with Gasteiger partial charge >= 0.3 is 0 Å². The average Bonchev–Trinajstić information content (AvgIpc) is 2.53. The molecule has 118 valence electrons. The summed E-state index contributed by atoms with van der Waals surface area (Å²) in [5.74, 6) is -1.55. The fourth-order valence-corrected chi connectivity index (χ4v) is 1.89. The monoisotopic (exact) mass is 314 g/mol. The van der Waals surface area contributed by atoms with Crippen LogP contribution in [0.4, 0.5) is 10.1 Å². The van der Waals surface area contributed by atoms with Crippen LogP contribution in [0.5, 0.6) is 0 Å². The van der Waals surface area contributed by atoms with Gasteiger partial charge in [-0.3, -0.25) is 14.4 Å². The van der Waals surface area contributed by atoms with Crippen molar-refractivity contribution in [3.8, 4) is 0 Å². The number of halogens is 1. The molecule has 0 heterocycles. The molecule has 0 bridgehead atoms. The average molecular weight is 314 g/mol. The van der Waals surface area contributed by atoms with Gasteiger partial charge < -0.3 is 10.6 Å². The third-order valence-electron chi connectivity index (χ3n) is 3.07. The lowest BCUT2D eigenvalue weighted by Crippen LogP contribution is -2.32. The van der Waals surface area contributed by atoms with E-state index >= 15 is 0 Å². The van der Waals surface area contributed by atoms with E-state index in [1.807, 2.05) is 0 Å². The van der Waals surface area contributed by atoms with Gasteiger partial charge in [-0.15, -0.1) is 0 Å². The van der Waals surface area contributed by atoms with Crippen molar-refractivity contribution in [2.75, 3.05) is 11.9 Å². The van der Waals surface area contributed by atoms with Crippen molar-refractivity contribution in [2.45, 2.75) is 6.92 Å². The quantitative estimate of drug-likeness (QED) is 0.832. The molecule has 2 aromatic rings. The Morgan fingerprint density at radius 3 is 2.30 bits per heavy atom. The first-order valence-corrected chi connectivity index (χ1v) is 6.90. The highest BCUT2D eigenvalue weighted by Crippen LogP contribution is 2.09. The topological polar surface area (TPSA) is 75.3 Å². The summed E-state index contributed by atoms with van der Waals surface area (Å²) in [4.78, 5) is 34.7. The Hall–Kier alpha value is -3.02. The van der Waals surface area contributed by atoms with Crippen molar-refractivity contribution >= 4 is 23.3 Å². The number of hydrogen-bond acceptors (Lipinski definition) is 3. The first kappa shape index (κ1) is 16.4. The van der Waals surface area contributed by atoms with Gasteiger partial charge in [0.15, 0.2) is 5.78 Å². The molecule has 0 aliphatic carbocycles. The molecule has 0 aromatic heterocycles. The van der Waals surface area contributed by atoms with E-state index < -0.39 is 17.6 Å². The van der Waals surface area contributed by atoms with E-state index in [1.54, 1.807) is 24.3 Å². The Bertz CT molecular complexity index is 742. The van der Waals surface area contributed by atoms with Crippen molar-refractivity contribution in [1.82, 2.24) is 5.32 Å². The molecule has 6 heteroatoms. The maximum atomic E-state index is 13.0. The number of nitrogens with one attached hydrogen (secondary N) is 2. The summed E-state index contributed by atoms with van der Waals surface area (Å²) < 4.78 is 13.0. The van der Waals surface area contributed by atoms with Crippen LogP contribution >= 0.6 is 0 Å². The molecule has 0 spiro atoms. The molecule has 0 aliphatic heterocycles. The van der Waals surface area contributed by atoms with Crippen LogP contribution in [0.2, 0.25) is 0 Å². The van der Waals surface area contributed by atoms with Gasteiger partial charge in [0, 0.05) is 16.8 Å². The van der Waals surface area contributed by atoms with E-state index in [4.69, 9.17) is 0 Å². The second kappa shape index (κ2) is 7.31. The summed E-state index contributed by atoms with van der Waals surface area (Å²) in [5.41, 5.74) is 1.20. The fraction of sp³-hybridized carbons (Fsp3) is 0.118. The highest BCUT2D eigenvalue weighted by Gasteiger charge is 2.09. The van der Waals surface area contributed by atoms with Gasteiger partial charge in [-0.2, -0.15) is 0 Å². The largest absolute Gasteiger partial charge is 0.343 e. The van der Waals surface area contributed by atoms with Gasteiger partial charge in [-0.05, 0) is 49.4 Å². The van der Waals surface area contributed by atoms with Gasteiger partial charge in [-0.1, -0.05) is 6.07 Å². The number of anilines is 1. The van der Waals surface area contributed by atoms with Crippen LogP contribution in [0.1, 0.15) is 27.6 Å². The first-order valence-electron chi connectivity index (χ1n) is 6.90. The molecule has 0 radical (unpaired) electrons. The molecule has 2 aromatic carbocycles. The van der Waals surface area contributed by atoms with Gasteiger partial charge in [0.05, 0.1) is 6.54 Å². The molecular weight excluding hydrogens is 299 g/mol. The molecule has 2 N–H and O–H groups in total. The van der Waals surface area contributed by atoms with E-state index in [-0.39, 0.29) is 17.9 Å². The molecule has 0 unspecified atom stereocenters. The summed E-state index contributed by atoms with van der Waals surface area (Å²) in [5, 5.41) is 4.99. The first-order chi connectivity index (χ1) is 11.0. The van der Waals surface area contributed by atoms with Crippen LogP contribution in [0.15, 0.2) is 48.5 Å². The van der Waals surface area contributed by atoms with E-state index in [0.29, 0.717) is 11.3 Å². The summed E-state index contributed by atoms with van der Waals surface area (Å²) >= 11 is 0. The Kier molecular flexibility index (Phi) is 5.19. The maximum absolute atomic E-state index is 13.0.